The van der Waals surface area contributed by atoms with Crippen molar-refractivity contribution in [2.45, 2.75) is 6.54 Å². The number of carbonyl (C=O) groups excluding carboxylic acids is 1. The molecule has 0 aliphatic heterocycles. The molecule has 0 aliphatic carbocycles. The van der Waals surface area contributed by atoms with E-state index in [1.54, 1.807) is 67.9 Å². The predicted octanol–water partition coefficient (Wildman–Crippen LogP) is 3.03. The summed E-state index contributed by atoms with van der Waals surface area (Å²) in [6.45, 7) is -0.102. The van der Waals surface area contributed by atoms with Crippen LogP contribution in [-0.2, 0) is 11.3 Å². The van der Waals surface area contributed by atoms with Crippen LogP contribution >= 0.6 is 0 Å². The summed E-state index contributed by atoms with van der Waals surface area (Å²) in [6, 6.07) is 19.2. The highest BCUT2D eigenvalue weighted by atomic mass is 16.5. The monoisotopic (exact) mass is 359 g/mol. The molecule has 0 fully saturated rings. The Morgan fingerprint density at radius 1 is 1.04 bits per heavy atom. The van der Waals surface area contributed by atoms with Gasteiger partial charge < -0.3 is 14.6 Å². The van der Waals surface area contributed by atoms with Gasteiger partial charge in [0.1, 0.15) is 12.3 Å². The lowest BCUT2D eigenvalue weighted by Crippen LogP contribution is -2.26. The van der Waals surface area contributed by atoms with Crippen LogP contribution in [0.25, 0.3) is 11.1 Å². The van der Waals surface area contributed by atoms with Crippen LogP contribution < -0.4 is 15.6 Å². The highest BCUT2D eigenvalue weighted by Gasteiger charge is 2.07. The number of carbonyl (C=O) groups is 1. The molecular weight excluding hydrogens is 342 g/mol. The SMILES string of the molecule is COc1ccc(NC(=O)Cn2cc(-c3ccc(C#N)cc3)ccc2=O)cc1. The van der Waals surface area contributed by atoms with Crippen LogP contribution in [0.5, 0.6) is 5.75 Å². The van der Waals surface area contributed by atoms with Gasteiger partial charge in [0.25, 0.3) is 5.56 Å². The molecule has 1 heterocycles. The molecule has 0 saturated heterocycles. The molecule has 1 amide bonds. The van der Waals surface area contributed by atoms with Crippen molar-refractivity contribution in [2.24, 2.45) is 0 Å². The van der Waals surface area contributed by atoms with E-state index in [0.29, 0.717) is 17.0 Å². The minimum Gasteiger partial charge on any atom is -0.497 e. The van der Waals surface area contributed by atoms with E-state index >= 15 is 0 Å². The first-order valence-corrected chi connectivity index (χ1v) is 8.24. The molecule has 0 bridgehead atoms. The average molecular weight is 359 g/mol. The van der Waals surface area contributed by atoms with Gasteiger partial charge in [-0.05, 0) is 53.6 Å². The summed E-state index contributed by atoms with van der Waals surface area (Å²) in [5.74, 6) is 0.388. The average Bonchev–Trinajstić information content (AvgIpc) is 2.70. The van der Waals surface area contributed by atoms with Crippen LogP contribution in [0.1, 0.15) is 5.56 Å². The fourth-order valence-corrected chi connectivity index (χ4v) is 2.59. The Morgan fingerprint density at radius 2 is 1.70 bits per heavy atom. The van der Waals surface area contributed by atoms with Crippen molar-refractivity contribution in [2.75, 3.05) is 12.4 Å². The van der Waals surface area contributed by atoms with E-state index in [-0.39, 0.29) is 18.0 Å². The Kier molecular flexibility index (Phi) is 5.33. The third-order valence-electron chi connectivity index (χ3n) is 4.02. The van der Waals surface area contributed by atoms with E-state index < -0.39 is 0 Å². The Morgan fingerprint density at radius 3 is 2.33 bits per heavy atom. The molecule has 3 rings (SSSR count). The van der Waals surface area contributed by atoms with Gasteiger partial charge in [-0.25, -0.2) is 0 Å². The van der Waals surface area contributed by atoms with E-state index in [1.165, 1.54) is 10.6 Å². The number of benzene rings is 2. The van der Waals surface area contributed by atoms with Gasteiger partial charge in [-0.2, -0.15) is 5.26 Å². The van der Waals surface area contributed by atoms with Crippen molar-refractivity contribution < 1.29 is 9.53 Å². The predicted molar refractivity (Wildman–Crippen MR) is 102 cm³/mol. The Hall–Kier alpha value is -3.85. The molecule has 27 heavy (non-hydrogen) atoms. The molecule has 1 N–H and O–H groups in total. The maximum absolute atomic E-state index is 12.3. The number of nitriles is 1. The summed E-state index contributed by atoms with van der Waals surface area (Å²) in [7, 11) is 1.57. The Balaban J connectivity index is 1.76. The zero-order chi connectivity index (χ0) is 19.2. The fraction of sp³-hybridized carbons (Fsp3) is 0.0952. The first-order chi connectivity index (χ1) is 13.1. The second-order valence-electron chi connectivity index (χ2n) is 5.85. The number of pyridine rings is 1. The van der Waals surface area contributed by atoms with Crippen molar-refractivity contribution in [3.63, 3.8) is 0 Å². The lowest BCUT2D eigenvalue weighted by Gasteiger charge is -2.10. The largest absolute Gasteiger partial charge is 0.497 e. The first kappa shape index (κ1) is 18.0. The molecule has 6 nitrogen and oxygen atoms in total. The van der Waals surface area contributed by atoms with Gasteiger partial charge in [0.2, 0.25) is 5.91 Å². The standard InChI is InChI=1S/C21H17N3O3/c1-27-19-9-7-18(8-10-19)23-20(25)14-24-13-17(6-11-21(24)26)16-4-2-15(12-22)3-5-16/h2-11,13H,14H2,1H3,(H,23,25). The molecule has 0 spiro atoms. The Bertz CT molecular complexity index is 1050. The van der Waals surface area contributed by atoms with Crippen molar-refractivity contribution in [1.29, 1.82) is 5.26 Å². The molecule has 2 aromatic carbocycles. The summed E-state index contributed by atoms with van der Waals surface area (Å²) < 4.78 is 6.43. The molecule has 0 radical (unpaired) electrons. The van der Waals surface area contributed by atoms with Crippen LogP contribution in [0, 0.1) is 11.3 Å². The van der Waals surface area contributed by atoms with Crippen molar-refractivity contribution >= 4 is 11.6 Å². The van der Waals surface area contributed by atoms with Gasteiger partial charge in [-0.3, -0.25) is 9.59 Å². The second kappa shape index (κ2) is 8.02. The fourth-order valence-electron chi connectivity index (χ4n) is 2.59. The number of hydrogen-bond acceptors (Lipinski definition) is 4. The van der Waals surface area contributed by atoms with E-state index in [0.717, 1.165) is 11.1 Å². The van der Waals surface area contributed by atoms with Gasteiger partial charge >= 0.3 is 0 Å². The van der Waals surface area contributed by atoms with Crippen molar-refractivity contribution in [3.8, 4) is 22.9 Å². The molecule has 0 atom stereocenters. The summed E-state index contributed by atoms with van der Waals surface area (Å²) in [4.78, 5) is 24.4. The highest BCUT2D eigenvalue weighted by molar-refractivity contribution is 5.90. The zero-order valence-electron chi connectivity index (χ0n) is 14.7. The molecule has 134 valence electrons. The van der Waals surface area contributed by atoms with Gasteiger partial charge in [0.15, 0.2) is 0 Å². The van der Waals surface area contributed by atoms with Crippen molar-refractivity contribution in [3.05, 3.63) is 82.8 Å². The number of aromatic nitrogens is 1. The zero-order valence-corrected chi connectivity index (χ0v) is 14.7. The smallest absolute Gasteiger partial charge is 0.251 e. The molecule has 0 saturated carbocycles. The molecule has 0 aliphatic rings. The number of ether oxygens (including phenoxy) is 1. The molecule has 1 aromatic heterocycles. The third-order valence-corrected chi connectivity index (χ3v) is 4.02. The maximum Gasteiger partial charge on any atom is 0.251 e. The number of rotatable bonds is 5. The van der Waals surface area contributed by atoms with Crippen molar-refractivity contribution in [1.82, 2.24) is 4.57 Å². The maximum atomic E-state index is 12.3. The summed E-state index contributed by atoms with van der Waals surface area (Å²) in [5, 5.41) is 11.6. The molecular formula is C21H17N3O3. The molecule has 0 unspecified atom stereocenters. The van der Waals surface area contributed by atoms with E-state index in [2.05, 4.69) is 11.4 Å². The van der Waals surface area contributed by atoms with Crippen LogP contribution in [0.15, 0.2) is 71.7 Å². The number of hydrogen-bond donors (Lipinski definition) is 1. The number of anilines is 1. The number of nitrogens with zero attached hydrogens (tertiary/aromatic N) is 2. The van der Waals surface area contributed by atoms with Crippen LogP contribution in [0.3, 0.4) is 0 Å². The summed E-state index contributed by atoms with van der Waals surface area (Å²) in [6.07, 6.45) is 1.64. The number of methoxy groups -OCH3 is 1. The normalized spacial score (nSPS) is 10.1. The van der Waals surface area contributed by atoms with E-state index in [4.69, 9.17) is 10.00 Å². The van der Waals surface area contributed by atoms with Crippen LogP contribution in [-0.4, -0.2) is 17.6 Å². The van der Waals surface area contributed by atoms with Gasteiger partial charge in [-0.1, -0.05) is 12.1 Å². The third kappa shape index (κ3) is 4.41. The van der Waals surface area contributed by atoms with Gasteiger partial charge in [-0.15, -0.1) is 0 Å². The summed E-state index contributed by atoms with van der Waals surface area (Å²) in [5.41, 5.74) is 2.56. The Labute approximate surface area is 156 Å². The van der Waals surface area contributed by atoms with E-state index in [9.17, 15) is 9.59 Å². The lowest BCUT2D eigenvalue weighted by molar-refractivity contribution is -0.116. The van der Waals surface area contributed by atoms with Gasteiger partial charge in [0, 0.05) is 18.0 Å². The van der Waals surface area contributed by atoms with Gasteiger partial charge in [0.05, 0.1) is 18.7 Å². The lowest BCUT2D eigenvalue weighted by atomic mass is 10.1. The minimum absolute atomic E-state index is 0.102. The topological polar surface area (TPSA) is 84.1 Å². The second-order valence-corrected chi connectivity index (χ2v) is 5.85. The highest BCUT2D eigenvalue weighted by Crippen LogP contribution is 2.18. The quantitative estimate of drug-likeness (QED) is 0.759. The number of amides is 1. The van der Waals surface area contributed by atoms with Crippen LogP contribution in [0.2, 0.25) is 0 Å². The minimum atomic E-state index is -0.306. The van der Waals surface area contributed by atoms with E-state index in [1.807, 2.05) is 0 Å². The number of nitrogens with one attached hydrogen (secondary N) is 1. The molecule has 6 heteroatoms. The summed E-state index contributed by atoms with van der Waals surface area (Å²) >= 11 is 0. The first-order valence-electron chi connectivity index (χ1n) is 8.24. The molecule has 3 aromatic rings. The van der Waals surface area contributed by atoms with Crippen LogP contribution in [0.4, 0.5) is 5.69 Å².